The van der Waals surface area contributed by atoms with Crippen LogP contribution in [0.5, 0.6) is 0 Å². The van der Waals surface area contributed by atoms with E-state index in [9.17, 15) is 14.0 Å². The number of nitrogens with zero attached hydrogens (tertiary/aromatic N) is 4. The molecule has 1 aliphatic heterocycles. The number of hydrogen-bond acceptors (Lipinski definition) is 5. The molecule has 1 fully saturated rings. The van der Waals surface area contributed by atoms with Crippen LogP contribution in [0.15, 0.2) is 29.8 Å². The van der Waals surface area contributed by atoms with Gasteiger partial charge in [0.15, 0.2) is 0 Å². The van der Waals surface area contributed by atoms with Crippen LogP contribution >= 0.6 is 11.3 Å². The largest absolute Gasteiger partial charge is 0.324 e. The van der Waals surface area contributed by atoms with Crippen LogP contribution in [0.25, 0.3) is 0 Å². The Hall–Kier alpha value is -2.55. The SMILES string of the molecule is CN(C(=O)Nc1nncs1)C1CCN(c2ccccc2F)C1=O. The van der Waals surface area contributed by atoms with Crippen molar-refractivity contribution in [2.45, 2.75) is 12.5 Å². The Morgan fingerprint density at radius 1 is 1.48 bits per heavy atom. The van der Waals surface area contributed by atoms with Gasteiger partial charge >= 0.3 is 6.03 Å². The Bertz CT molecular complexity index is 724. The van der Waals surface area contributed by atoms with E-state index in [1.54, 1.807) is 18.2 Å². The van der Waals surface area contributed by atoms with E-state index in [0.29, 0.717) is 18.1 Å². The molecule has 0 bridgehead atoms. The average molecular weight is 335 g/mol. The number of aromatic nitrogens is 2. The summed E-state index contributed by atoms with van der Waals surface area (Å²) in [5.41, 5.74) is 1.73. The van der Waals surface area contributed by atoms with E-state index in [-0.39, 0.29) is 11.6 Å². The number of para-hydroxylation sites is 1. The molecule has 3 amide bonds. The van der Waals surface area contributed by atoms with E-state index < -0.39 is 17.9 Å². The first-order chi connectivity index (χ1) is 11.1. The van der Waals surface area contributed by atoms with E-state index >= 15 is 0 Å². The van der Waals surface area contributed by atoms with Crippen molar-refractivity contribution in [2.24, 2.45) is 0 Å². The highest BCUT2D eigenvalue weighted by Crippen LogP contribution is 2.26. The molecule has 0 aliphatic carbocycles. The van der Waals surface area contributed by atoms with Crippen LogP contribution in [0.1, 0.15) is 6.42 Å². The van der Waals surface area contributed by atoms with Crippen LogP contribution in [0.4, 0.5) is 20.0 Å². The van der Waals surface area contributed by atoms with Crippen LogP contribution in [-0.2, 0) is 4.79 Å². The summed E-state index contributed by atoms with van der Waals surface area (Å²) in [6, 6.07) is 5.01. The van der Waals surface area contributed by atoms with Crippen molar-refractivity contribution in [1.29, 1.82) is 0 Å². The Labute approximate surface area is 135 Å². The van der Waals surface area contributed by atoms with Crippen LogP contribution in [-0.4, -0.2) is 46.7 Å². The van der Waals surface area contributed by atoms with Crippen molar-refractivity contribution < 1.29 is 14.0 Å². The molecule has 1 unspecified atom stereocenters. The van der Waals surface area contributed by atoms with Gasteiger partial charge in [-0.15, -0.1) is 10.2 Å². The van der Waals surface area contributed by atoms with Crippen LogP contribution in [0.2, 0.25) is 0 Å². The number of carbonyl (C=O) groups is 2. The molecule has 2 aromatic rings. The van der Waals surface area contributed by atoms with E-state index in [4.69, 9.17) is 0 Å². The maximum Gasteiger partial charge on any atom is 0.324 e. The molecule has 7 nitrogen and oxygen atoms in total. The van der Waals surface area contributed by atoms with Gasteiger partial charge in [-0.1, -0.05) is 23.5 Å². The number of carbonyl (C=O) groups excluding carboxylic acids is 2. The molecule has 1 aromatic carbocycles. The highest BCUT2D eigenvalue weighted by atomic mass is 32.1. The molecule has 1 aliphatic rings. The molecule has 9 heteroatoms. The Kier molecular flexibility index (Phi) is 4.20. The molecule has 3 rings (SSSR count). The Morgan fingerprint density at radius 2 is 2.26 bits per heavy atom. The highest BCUT2D eigenvalue weighted by Gasteiger charge is 2.38. The van der Waals surface area contributed by atoms with Crippen molar-refractivity contribution >= 4 is 34.1 Å². The second-order valence-corrected chi connectivity index (χ2v) is 5.86. The lowest BCUT2D eigenvalue weighted by molar-refractivity contribution is -0.120. The molecule has 1 atom stereocenters. The molecular formula is C14H14FN5O2S. The molecule has 0 spiro atoms. The highest BCUT2D eigenvalue weighted by molar-refractivity contribution is 7.13. The molecule has 0 radical (unpaired) electrons. The third-order valence-electron chi connectivity index (χ3n) is 3.68. The normalized spacial score (nSPS) is 17.4. The molecule has 2 heterocycles. The predicted molar refractivity (Wildman–Crippen MR) is 83.8 cm³/mol. The average Bonchev–Trinajstić information content (AvgIpc) is 3.17. The summed E-state index contributed by atoms with van der Waals surface area (Å²) in [6.45, 7) is 0.362. The van der Waals surface area contributed by atoms with Crippen LogP contribution in [0.3, 0.4) is 0 Å². The number of hydrogen-bond donors (Lipinski definition) is 1. The topological polar surface area (TPSA) is 78.4 Å². The van der Waals surface area contributed by atoms with Crippen LogP contribution in [0, 0.1) is 5.82 Å². The van der Waals surface area contributed by atoms with Crippen molar-refractivity contribution in [3.8, 4) is 0 Å². The van der Waals surface area contributed by atoms with E-state index in [1.807, 2.05) is 0 Å². The molecule has 1 N–H and O–H groups in total. The van der Waals surface area contributed by atoms with Crippen LogP contribution < -0.4 is 10.2 Å². The fourth-order valence-electron chi connectivity index (χ4n) is 2.48. The number of halogens is 1. The molecule has 0 saturated carbocycles. The third kappa shape index (κ3) is 3.00. The summed E-state index contributed by atoms with van der Waals surface area (Å²) in [6.07, 6.45) is 0.438. The van der Waals surface area contributed by atoms with E-state index in [2.05, 4.69) is 15.5 Å². The van der Waals surface area contributed by atoms with Gasteiger partial charge in [-0.3, -0.25) is 10.1 Å². The van der Waals surface area contributed by atoms with Gasteiger partial charge in [0.05, 0.1) is 5.69 Å². The standard InChI is InChI=1S/C14H14FN5O2S/c1-19(14(22)17-13-18-16-8-23-13)11-6-7-20(12(11)21)10-5-3-2-4-9(10)15/h2-5,8,11H,6-7H2,1H3,(H,17,18,22). The monoisotopic (exact) mass is 335 g/mol. The van der Waals surface area contributed by atoms with Crippen molar-refractivity contribution in [3.63, 3.8) is 0 Å². The Balaban J connectivity index is 1.71. The molecule has 120 valence electrons. The molecular weight excluding hydrogens is 321 g/mol. The summed E-state index contributed by atoms with van der Waals surface area (Å²) in [4.78, 5) is 27.4. The zero-order chi connectivity index (χ0) is 16.4. The van der Waals surface area contributed by atoms with E-state index in [0.717, 1.165) is 0 Å². The number of amides is 3. The summed E-state index contributed by atoms with van der Waals surface area (Å²) >= 11 is 1.19. The van der Waals surface area contributed by atoms with Gasteiger partial charge in [-0.25, -0.2) is 9.18 Å². The minimum Gasteiger partial charge on any atom is -0.315 e. The molecule has 1 aromatic heterocycles. The summed E-state index contributed by atoms with van der Waals surface area (Å²) in [5.74, 6) is -0.757. The fourth-order valence-corrected chi connectivity index (χ4v) is 2.92. The minimum absolute atomic E-state index is 0.234. The second-order valence-electron chi connectivity index (χ2n) is 5.03. The van der Waals surface area contributed by atoms with Crippen molar-refractivity contribution in [1.82, 2.24) is 15.1 Å². The zero-order valence-corrected chi connectivity index (χ0v) is 13.1. The number of urea groups is 1. The first-order valence-corrected chi connectivity index (χ1v) is 7.82. The van der Waals surface area contributed by atoms with Gasteiger partial charge in [-0.2, -0.15) is 0 Å². The lowest BCUT2D eigenvalue weighted by Crippen LogP contribution is -2.44. The smallest absolute Gasteiger partial charge is 0.315 e. The van der Waals surface area contributed by atoms with Crippen molar-refractivity contribution in [3.05, 3.63) is 35.6 Å². The van der Waals surface area contributed by atoms with E-state index in [1.165, 1.54) is 39.8 Å². The predicted octanol–water partition coefficient (Wildman–Crippen LogP) is 1.95. The lowest BCUT2D eigenvalue weighted by atomic mass is 10.2. The maximum atomic E-state index is 13.9. The van der Waals surface area contributed by atoms with Gasteiger partial charge in [0.2, 0.25) is 11.0 Å². The summed E-state index contributed by atoms with van der Waals surface area (Å²) < 4.78 is 13.9. The second kappa shape index (κ2) is 6.29. The maximum absolute atomic E-state index is 13.9. The summed E-state index contributed by atoms with van der Waals surface area (Å²) in [7, 11) is 1.53. The first-order valence-electron chi connectivity index (χ1n) is 6.94. The quantitative estimate of drug-likeness (QED) is 0.930. The van der Waals surface area contributed by atoms with Gasteiger partial charge in [-0.05, 0) is 18.6 Å². The molecule has 1 saturated heterocycles. The number of benzene rings is 1. The number of nitrogens with one attached hydrogen (secondary N) is 1. The first kappa shape index (κ1) is 15.3. The lowest BCUT2D eigenvalue weighted by Gasteiger charge is -2.23. The van der Waals surface area contributed by atoms with Gasteiger partial charge in [0, 0.05) is 13.6 Å². The Morgan fingerprint density at radius 3 is 2.96 bits per heavy atom. The number of likely N-dealkylation sites (N-methyl/N-ethyl adjacent to an activating group) is 1. The van der Waals surface area contributed by atoms with Gasteiger partial charge in [0.25, 0.3) is 0 Å². The van der Waals surface area contributed by atoms with Gasteiger partial charge < -0.3 is 9.80 Å². The van der Waals surface area contributed by atoms with Gasteiger partial charge in [0.1, 0.15) is 17.4 Å². The third-order valence-corrected chi connectivity index (χ3v) is 4.29. The zero-order valence-electron chi connectivity index (χ0n) is 12.3. The fraction of sp³-hybridized carbons (Fsp3) is 0.286. The number of anilines is 2. The summed E-state index contributed by atoms with van der Waals surface area (Å²) in [5, 5.41) is 10.3. The number of rotatable bonds is 3. The van der Waals surface area contributed by atoms with Crippen molar-refractivity contribution in [2.75, 3.05) is 23.8 Å². The minimum atomic E-state index is -0.637. The molecule has 23 heavy (non-hydrogen) atoms.